The number of pyridine rings is 1. The number of rotatable bonds is 3. The fourth-order valence-corrected chi connectivity index (χ4v) is 2.56. The Kier molecular flexibility index (Phi) is 3.49. The van der Waals surface area contributed by atoms with E-state index in [9.17, 15) is 10.1 Å². The molecule has 0 bridgehead atoms. The van der Waals surface area contributed by atoms with Crippen LogP contribution in [0.5, 0.6) is 0 Å². The lowest BCUT2D eigenvalue weighted by Gasteiger charge is -2.05. The number of fused-ring (bicyclic) bond motifs is 3. The van der Waals surface area contributed by atoms with Gasteiger partial charge in [0.1, 0.15) is 11.7 Å². The number of aliphatic hydroxyl groups is 1. The summed E-state index contributed by atoms with van der Waals surface area (Å²) in [5.41, 5.74) is 3.14. The number of hydrogen-bond acceptors (Lipinski definition) is 4. The van der Waals surface area contributed by atoms with Crippen molar-refractivity contribution in [1.82, 2.24) is 9.38 Å². The van der Waals surface area contributed by atoms with Crippen molar-refractivity contribution in [1.29, 1.82) is 5.26 Å². The third-order valence-corrected chi connectivity index (χ3v) is 3.63. The molecule has 110 valence electrons. The third-order valence-electron chi connectivity index (χ3n) is 3.63. The van der Waals surface area contributed by atoms with Gasteiger partial charge >= 0.3 is 0 Å². The summed E-state index contributed by atoms with van der Waals surface area (Å²) in [4.78, 5) is 19.9. The average Bonchev–Trinajstić information content (AvgIpc) is 2.90. The van der Waals surface area contributed by atoms with Gasteiger partial charge in [-0.25, -0.2) is 0 Å². The van der Waals surface area contributed by atoms with E-state index < -0.39 is 0 Å². The number of aliphatic hydroxyl groups excluding tert-OH is 1. The number of nitriles is 1. The zero-order valence-corrected chi connectivity index (χ0v) is 12.0. The van der Waals surface area contributed by atoms with Crippen LogP contribution in [0.25, 0.3) is 16.7 Å². The molecule has 0 fully saturated rings. The van der Waals surface area contributed by atoms with Gasteiger partial charge in [-0.05, 0) is 24.6 Å². The minimum atomic E-state index is -0.231. The van der Waals surface area contributed by atoms with Crippen LogP contribution >= 0.6 is 0 Å². The minimum Gasteiger partial charge on any atom is -0.394 e. The molecule has 2 aromatic heterocycles. The quantitative estimate of drug-likeness (QED) is 0.714. The van der Waals surface area contributed by atoms with Gasteiger partial charge in [0.05, 0.1) is 35.3 Å². The van der Waals surface area contributed by atoms with E-state index in [1.54, 1.807) is 6.92 Å². The van der Waals surface area contributed by atoms with E-state index in [4.69, 9.17) is 5.11 Å². The zero-order valence-electron chi connectivity index (χ0n) is 12.0. The fraction of sp³-hybridized carbons (Fsp3) is 0.188. The number of nitrogens with zero attached hydrogens (tertiary/aromatic N) is 3. The van der Waals surface area contributed by atoms with Crippen molar-refractivity contribution in [2.45, 2.75) is 6.92 Å². The van der Waals surface area contributed by atoms with Gasteiger partial charge in [0.25, 0.3) is 5.56 Å². The second-order valence-electron chi connectivity index (χ2n) is 4.92. The number of aromatic amines is 1. The average molecular weight is 294 g/mol. The lowest BCUT2D eigenvalue weighted by Crippen LogP contribution is -2.20. The summed E-state index contributed by atoms with van der Waals surface area (Å²) in [5, 5.41) is 18.3. The van der Waals surface area contributed by atoms with Crippen LogP contribution in [-0.2, 0) is 0 Å². The van der Waals surface area contributed by atoms with Crippen molar-refractivity contribution in [3.8, 4) is 6.07 Å². The Morgan fingerprint density at radius 2 is 2.23 bits per heavy atom. The molecular formula is C16H14N4O2. The summed E-state index contributed by atoms with van der Waals surface area (Å²) < 4.78 is 1.50. The van der Waals surface area contributed by atoms with Gasteiger partial charge < -0.3 is 10.1 Å². The van der Waals surface area contributed by atoms with E-state index in [0.717, 1.165) is 11.0 Å². The summed E-state index contributed by atoms with van der Waals surface area (Å²) in [6.07, 6.45) is 1.43. The molecule has 0 amide bonds. The molecule has 0 unspecified atom stereocenters. The van der Waals surface area contributed by atoms with Crippen molar-refractivity contribution < 1.29 is 5.11 Å². The van der Waals surface area contributed by atoms with Gasteiger partial charge in [0.15, 0.2) is 0 Å². The first kappa shape index (κ1) is 14.0. The summed E-state index contributed by atoms with van der Waals surface area (Å²) in [6, 6.07) is 9.55. The molecule has 1 aromatic carbocycles. The Morgan fingerprint density at radius 1 is 1.45 bits per heavy atom. The molecule has 0 aliphatic rings. The normalized spacial score (nSPS) is 11.5. The first-order valence-corrected chi connectivity index (χ1v) is 6.86. The largest absolute Gasteiger partial charge is 0.394 e. The van der Waals surface area contributed by atoms with Crippen LogP contribution in [-0.4, -0.2) is 33.9 Å². The number of H-pyrrole nitrogens is 1. The van der Waals surface area contributed by atoms with Gasteiger partial charge in [-0.1, -0.05) is 12.1 Å². The lowest BCUT2D eigenvalue weighted by atomic mass is 10.1. The highest BCUT2D eigenvalue weighted by atomic mass is 16.3. The highest BCUT2D eigenvalue weighted by Crippen LogP contribution is 2.20. The van der Waals surface area contributed by atoms with E-state index in [1.807, 2.05) is 24.3 Å². The van der Waals surface area contributed by atoms with Gasteiger partial charge in [-0.3, -0.25) is 14.2 Å². The SMILES string of the molecule is Cc1c(C=NCCO)c(=O)n2c([nH]c3ccccc32)c1C#N. The Bertz CT molecular complexity index is 989. The number of nitrogens with one attached hydrogen (secondary N) is 1. The van der Waals surface area contributed by atoms with E-state index in [-0.39, 0.29) is 18.7 Å². The maximum Gasteiger partial charge on any atom is 0.265 e. The van der Waals surface area contributed by atoms with Crippen LogP contribution in [0.1, 0.15) is 16.7 Å². The van der Waals surface area contributed by atoms with Gasteiger partial charge in [0, 0.05) is 6.21 Å². The number of benzene rings is 1. The summed E-state index contributed by atoms with van der Waals surface area (Å²) in [6.45, 7) is 1.86. The van der Waals surface area contributed by atoms with Gasteiger partial charge in [-0.15, -0.1) is 0 Å². The lowest BCUT2D eigenvalue weighted by molar-refractivity contribution is 0.307. The van der Waals surface area contributed by atoms with E-state index in [0.29, 0.717) is 22.3 Å². The smallest absolute Gasteiger partial charge is 0.265 e. The van der Waals surface area contributed by atoms with Crippen LogP contribution in [0.3, 0.4) is 0 Å². The number of aliphatic imine (C=N–C) groups is 1. The summed E-state index contributed by atoms with van der Waals surface area (Å²) in [5.74, 6) is 0. The molecule has 0 atom stereocenters. The maximum atomic E-state index is 12.8. The molecule has 0 spiro atoms. The molecule has 0 saturated heterocycles. The molecular weight excluding hydrogens is 280 g/mol. The summed E-state index contributed by atoms with van der Waals surface area (Å²) in [7, 11) is 0. The molecule has 0 aliphatic carbocycles. The highest BCUT2D eigenvalue weighted by molar-refractivity contribution is 5.88. The highest BCUT2D eigenvalue weighted by Gasteiger charge is 2.17. The van der Waals surface area contributed by atoms with E-state index in [2.05, 4.69) is 16.0 Å². The molecule has 3 rings (SSSR count). The number of imidazole rings is 1. The molecule has 22 heavy (non-hydrogen) atoms. The van der Waals surface area contributed by atoms with Crippen molar-refractivity contribution >= 4 is 22.9 Å². The number of hydrogen-bond donors (Lipinski definition) is 2. The third kappa shape index (κ3) is 2.00. The van der Waals surface area contributed by atoms with Crippen LogP contribution in [0.4, 0.5) is 0 Å². The van der Waals surface area contributed by atoms with Crippen molar-refractivity contribution in [3.05, 3.63) is 51.3 Å². The first-order valence-electron chi connectivity index (χ1n) is 6.86. The molecule has 3 aromatic rings. The van der Waals surface area contributed by atoms with Crippen LogP contribution < -0.4 is 5.56 Å². The zero-order chi connectivity index (χ0) is 15.7. The minimum absolute atomic E-state index is 0.0860. The van der Waals surface area contributed by atoms with E-state index in [1.165, 1.54) is 10.6 Å². The Balaban J connectivity index is 2.46. The molecule has 6 nitrogen and oxygen atoms in total. The molecule has 2 N–H and O–H groups in total. The topological polar surface area (TPSA) is 93.7 Å². The Labute approximate surface area is 126 Å². The van der Waals surface area contributed by atoms with Crippen LogP contribution in [0.15, 0.2) is 34.1 Å². The molecule has 6 heteroatoms. The Hall–Kier alpha value is -2.91. The molecule has 0 radical (unpaired) electrons. The monoisotopic (exact) mass is 294 g/mol. The van der Waals surface area contributed by atoms with Gasteiger partial charge in [0.2, 0.25) is 0 Å². The number of aromatic nitrogens is 2. The van der Waals surface area contributed by atoms with Crippen LogP contribution in [0, 0.1) is 18.3 Å². The molecule has 2 heterocycles. The Morgan fingerprint density at radius 3 is 2.95 bits per heavy atom. The second-order valence-corrected chi connectivity index (χ2v) is 4.92. The van der Waals surface area contributed by atoms with Gasteiger partial charge in [-0.2, -0.15) is 5.26 Å². The van der Waals surface area contributed by atoms with Crippen molar-refractivity contribution in [2.24, 2.45) is 4.99 Å². The predicted molar refractivity (Wildman–Crippen MR) is 84.5 cm³/mol. The second kappa shape index (κ2) is 5.47. The fourth-order valence-electron chi connectivity index (χ4n) is 2.56. The summed E-state index contributed by atoms with van der Waals surface area (Å²) >= 11 is 0. The van der Waals surface area contributed by atoms with Crippen molar-refractivity contribution in [3.63, 3.8) is 0 Å². The predicted octanol–water partition coefficient (Wildman–Crippen LogP) is 1.37. The van der Waals surface area contributed by atoms with Crippen LogP contribution in [0.2, 0.25) is 0 Å². The molecule has 0 saturated carbocycles. The van der Waals surface area contributed by atoms with Crippen molar-refractivity contribution in [2.75, 3.05) is 13.2 Å². The first-order chi connectivity index (χ1) is 10.7. The standard InChI is InChI=1S/C16H14N4O2/c1-10-11(8-17)15-19-13-4-2-3-5-14(13)20(15)16(22)12(10)9-18-6-7-21/h2-5,9,19,21H,6-7H2,1H3. The maximum absolute atomic E-state index is 12.8. The molecule has 0 aliphatic heterocycles. The number of para-hydroxylation sites is 2. The van der Waals surface area contributed by atoms with E-state index >= 15 is 0 Å².